The summed E-state index contributed by atoms with van der Waals surface area (Å²) < 4.78 is 6.43. The van der Waals surface area contributed by atoms with Crippen LogP contribution in [-0.4, -0.2) is 39.7 Å². The van der Waals surface area contributed by atoms with Crippen LogP contribution in [0.25, 0.3) is 11.1 Å². The van der Waals surface area contributed by atoms with Crippen molar-refractivity contribution in [3.63, 3.8) is 0 Å². The normalized spacial score (nSPS) is 15.5. The van der Waals surface area contributed by atoms with Crippen molar-refractivity contribution in [2.45, 2.75) is 30.8 Å². The number of carbonyl (C=O) groups excluding carboxylic acids is 1. The Morgan fingerprint density at radius 2 is 1.69 bits per heavy atom. The first-order chi connectivity index (χ1) is 15.5. The first-order valence-electron chi connectivity index (χ1n) is 10.5. The minimum atomic E-state index is -1.15. The largest absolute Gasteiger partial charge is 0.479 e. The molecule has 1 amide bonds. The fourth-order valence-corrected chi connectivity index (χ4v) is 4.87. The predicted octanol–water partition coefficient (Wildman–Crippen LogP) is 5.38. The lowest BCUT2D eigenvalue weighted by Crippen LogP contribution is -2.41. The second kappa shape index (κ2) is 8.39. The number of halogens is 1. The Morgan fingerprint density at radius 1 is 1.06 bits per heavy atom. The van der Waals surface area contributed by atoms with Crippen LogP contribution >= 0.6 is 15.9 Å². The van der Waals surface area contributed by atoms with Gasteiger partial charge in [-0.15, -0.1) is 0 Å². The summed E-state index contributed by atoms with van der Waals surface area (Å²) in [4.78, 5) is 30.8. The molecular formula is C25H21BrN2O4. The summed E-state index contributed by atoms with van der Waals surface area (Å²) in [7, 11) is 0. The molecule has 2 aliphatic rings. The first kappa shape index (κ1) is 20.7. The molecule has 7 heteroatoms. The van der Waals surface area contributed by atoms with Crippen LogP contribution < -0.4 is 0 Å². The average Bonchev–Trinajstić information content (AvgIpc) is 3.58. The Hall–Kier alpha value is -3.19. The van der Waals surface area contributed by atoms with Crippen molar-refractivity contribution in [3.05, 3.63) is 88.2 Å². The molecule has 0 bridgehead atoms. The number of hydrogen-bond donors (Lipinski definition) is 1. The number of fused-ring (bicyclic) bond motifs is 3. The van der Waals surface area contributed by atoms with Gasteiger partial charge in [-0.3, -0.25) is 9.88 Å². The van der Waals surface area contributed by atoms with Crippen molar-refractivity contribution in [3.8, 4) is 11.1 Å². The van der Waals surface area contributed by atoms with E-state index in [-0.39, 0.29) is 18.6 Å². The number of rotatable bonds is 6. The van der Waals surface area contributed by atoms with Gasteiger partial charge in [0.25, 0.3) is 0 Å². The van der Waals surface area contributed by atoms with Gasteiger partial charge in [0.1, 0.15) is 6.61 Å². The molecule has 1 unspecified atom stereocenters. The molecule has 0 saturated heterocycles. The van der Waals surface area contributed by atoms with Gasteiger partial charge >= 0.3 is 12.1 Å². The highest BCUT2D eigenvalue weighted by molar-refractivity contribution is 9.10. The number of ether oxygens (including phenoxy) is 1. The Labute approximate surface area is 194 Å². The highest BCUT2D eigenvalue weighted by Gasteiger charge is 2.43. The molecule has 0 radical (unpaired) electrons. The second-order valence-corrected chi connectivity index (χ2v) is 9.04. The lowest BCUT2D eigenvalue weighted by atomic mass is 9.98. The van der Waals surface area contributed by atoms with E-state index in [0.29, 0.717) is 10.0 Å². The van der Waals surface area contributed by atoms with Gasteiger partial charge in [0.05, 0.1) is 0 Å². The van der Waals surface area contributed by atoms with E-state index in [2.05, 4.69) is 45.2 Å². The summed E-state index contributed by atoms with van der Waals surface area (Å²) in [6.07, 6.45) is 3.97. The first-order valence-corrected chi connectivity index (χ1v) is 11.3. The van der Waals surface area contributed by atoms with Crippen molar-refractivity contribution < 1.29 is 19.4 Å². The van der Waals surface area contributed by atoms with Gasteiger partial charge in [-0.2, -0.15) is 0 Å². The van der Waals surface area contributed by atoms with Crippen molar-refractivity contribution in [2.24, 2.45) is 0 Å². The van der Waals surface area contributed by atoms with Gasteiger partial charge in [0.2, 0.25) is 0 Å². The van der Waals surface area contributed by atoms with E-state index >= 15 is 0 Å². The standard InChI is InChI=1S/C25H21BrN2O4/c26-16-11-15(12-27-13-16)23(24(29)30)28(17-9-10-17)25(31)32-14-22-20-7-3-1-5-18(20)19-6-2-4-8-21(19)22/h1-8,11-13,17,22-23H,9-10,14H2,(H,29,30). The topological polar surface area (TPSA) is 79.7 Å². The van der Waals surface area contributed by atoms with E-state index in [0.717, 1.165) is 35.1 Å². The third kappa shape index (κ3) is 3.77. The Bertz CT molecular complexity index is 1150. The van der Waals surface area contributed by atoms with Crippen molar-refractivity contribution in [2.75, 3.05) is 6.61 Å². The maximum absolute atomic E-state index is 13.2. The zero-order valence-corrected chi connectivity index (χ0v) is 18.7. The lowest BCUT2D eigenvalue weighted by molar-refractivity contribution is -0.143. The molecule has 1 aromatic heterocycles. The molecule has 1 heterocycles. The summed E-state index contributed by atoms with van der Waals surface area (Å²) >= 11 is 3.33. The number of benzene rings is 2. The molecule has 5 rings (SSSR count). The molecule has 0 aliphatic heterocycles. The van der Waals surface area contributed by atoms with Gasteiger partial charge in [-0.1, -0.05) is 48.5 Å². The van der Waals surface area contributed by atoms with Crippen LogP contribution in [0.15, 0.2) is 71.5 Å². The second-order valence-electron chi connectivity index (χ2n) is 8.12. The van der Waals surface area contributed by atoms with Crippen molar-refractivity contribution in [1.82, 2.24) is 9.88 Å². The molecular weight excluding hydrogens is 472 g/mol. The van der Waals surface area contributed by atoms with E-state index < -0.39 is 18.1 Å². The van der Waals surface area contributed by atoms with Crippen LogP contribution in [0.5, 0.6) is 0 Å². The quantitative estimate of drug-likeness (QED) is 0.499. The summed E-state index contributed by atoms with van der Waals surface area (Å²) in [6.45, 7) is 0.152. The van der Waals surface area contributed by atoms with Crippen LogP contribution in [0.2, 0.25) is 0 Å². The molecule has 1 N–H and O–H groups in total. The zero-order chi connectivity index (χ0) is 22.2. The van der Waals surface area contributed by atoms with Gasteiger partial charge < -0.3 is 9.84 Å². The maximum atomic E-state index is 13.2. The SMILES string of the molecule is O=C(O)C(c1cncc(Br)c1)N(C(=O)OCC1c2ccccc2-c2ccccc21)C1CC1. The van der Waals surface area contributed by atoms with E-state index in [1.165, 1.54) is 11.1 Å². The number of aliphatic carboxylic acids is 1. The monoisotopic (exact) mass is 492 g/mol. The van der Waals surface area contributed by atoms with Crippen molar-refractivity contribution >= 4 is 28.0 Å². The van der Waals surface area contributed by atoms with Crippen LogP contribution in [0.1, 0.15) is 41.5 Å². The third-order valence-corrected chi connectivity index (χ3v) is 6.47. The van der Waals surface area contributed by atoms with E-state index in [4.69, 9.17) is 4.74 Å². The Kier molecular flexibility index (Phi) is 5.43. The Morgan fingerprint density at radius 3 is 2.25 bits per heavy atom. The molecule has 162 valence electrons. The molecule has 3 aromatic rings. The maximum Gasteiger partial charge on any atom is 0.411 e. The number of hydrogen-bond acceptors (Lipinski definition) is 4. The fourth-order valence-electron chi connectivity index (χ4n) is 4.49. The molecule has 1 fully saturated rings. The number of nitrogens with zero attached hydrogens (tertiary/aromatic N) is 2. The molecule has 1 atom stereocenters. The minimum Gasteiger partial charge on any atom is -0.479 e. The van der Waals surface area contributed by atoms with Crippen LogP contribution in [0, 0.1) is 0 Å². The third-order valence-electron chi connectivity index (χ3n) is 6.04. The highest BCUT2D eigenvalue weighted by atomic mass is 79.9. The van der Waals surface area contributed by atoms with Crippen LogP contribution in [-0.2, 0) is 9.53 Å². The molecule has 2 aromatic carbocycles. The number of amides is 1. The summed E-state index contributed by atoms with van der Waals surface area (Å²) in [5.41, 5.74) is 4.96. The van der Waals surface area contributed by atoms with Crippen LogP contribution in [0.4, 0.5) is 4.79 Å². The summed E-state index contributed by atoms with van der Waals surface area (Å²) in [5.74, 6) is -1.19. The van der Waals surface area contributed by atoms with Crippen molar-refractivity contribution in [1.29, 1.82) is 0 Å². The molecule has 32 heavy (non-hydrogen) atoms. The summed E-state index contributed by atoms with van der Waals surface area (Å²) in [5, 5.41) is 9.96. The number of carboxylic acid groups (broad SMARTS) is 1. The summed E-state index contributed by atoms with van der Waals surface area (Å²) in [6, 6.07) is 16.6. The van der Waals surface area contributed by atoms with Gasteiger partial charge in [0.15, 0.2) is 6.04 Å². The van der Waals surface area contributed by atoms with E-state index in [1.807, 2.05) is 24.3 Å². The smallest absolute Gasteiger partial charge is 0.411 e. The minimum absolute atomic E-state index is 0.0804. The van der Waals surface area contributed by atoms with E-state index in [9.17, 15) is 14.7 Å². The molecule has 2 aliphatic carbocycles. The fraction of sp³-hybridized carbons (Fsp3) is 0.240. The van der Waals surface area contributed by atoms with Gasteiger partial charge in [-0.05, 0) is 57.1 Å². The average molecular weight is 493 g/mol. The van der Waals surface area contributed by atoms with E-state index in [1.54, 1.807) is 12.3 Å². The van der Waals surface area contributed by atoms with Gasteiger partial charge in [-0.25, -0.2) is 9.59 Å². The highest BCUT2D eigenvalue weighted by Crippen LogP contribution is 2.45. The Balaban J connectivity index is 1.40. The number of carbonyl (C=O) groups is 2. The predicted molar refractivity (Wildman–Crippen MR) is 122 cm³/mol. The number of aromatic nitrogens is 1. The molecule has 1 saturated carbocycles. The van der Waals surface area contributed by atoms with Gasteiger partial charge in [0, 0.05) is 34.4 Å². The van der Waals surface area contributed by atoms with Crippen LogP contribution in [0.3, 0.4) is 0 Å². The lowest BCUT2D eigenvalue weighted by Gasteiger charge is -2.29. The zero-order valence-electron chi connectivity index (χ0n) is 17.1. The molecule has 0 spiro atoms. The number of carboxylic acids is 1. The molecule has 6 nitrogen and oxygen atoms in total. The number of pyridine rings is 1.